The summed E-state index contributed by atoms with van der Waals surface area (Å²) < 4.78 is 5.12. The zero-order valence-corrected chi connectivity index (χ0v) is 11.2. The van der Waals surface area contributed by atoms with Crippen molar-refractivity contribution in [1.29, 1.82) is 0 Å². The number of carbonyl (C=O) groups is 1. The average molecular weight is 275 g/mol. The van der Waals surface area contributed by atoms with Gasteiger partial charge in [-0.15, -0.1) is 0 Å². The molecule has 0 saturated heterocycles. The number of benzene rings is 1. The number of carboxylic acids is 1. The Morgan fingerprint density at radius 3 is 2.65 bits per heavy atom. The predicted octanol–water partition coefficient (Wildman–Crippen LogP) is 2.11. The van der Waals surface area contributed by atoms with Crippen LogP contribution < -0.4 is 5.32 Å². The van der Waals surface area contributed by atoms with Crippen LogP contribution in [0.2, 0.25) is 0 Å². The molecular formula is C15H17NO4. The van der Waals surface area contributed by atoms with E-state index in [1.54, 1.807) is 6.92 Å². The average Bonchev–Trinajstić information content (AvgIpc) is 2.81. The summed E-state index contributed by atoms with van der Waals surface area (Å²) in [4.78, 5) is 10.8. The molecule has 5 nitrogen and oxygen atoms in total. The van der Waals surface area contributed by atoms with E-state index in [1.807, 2.05) is 30.3 Å². The van der Waals surface area contributed by atoms with Crippen molar-refractivity contribution >= 4 is 5.97 Å². The summed E-state index contributed by atoms with van der Waals surface area (Å²) >= 11 is 0. The number of aromatic carboxylic acids is 1. The van der Waals surface area contributed by atoms with Crippen molar-refractivity contribution in [2.75, 3.05) is 6.54 Å². The second kappa shape index (κ2) is 6.36. The van der Waals surface area contributed by atoms with Gasteiger partial charge in [0.25, 0.3) is 0 Å². The first-order valence-electron chi connectivity index (χ1n) is 6.34. The molecule has 5 heteroatoms. The van der Waals surface area contributed by atoms with Crippen LogP contribution >= 0.6 is 0 Å². The summed E-state index contributed by atoms with van der Waals surface area (Å²) in [7, 11) is 0. The summed E-state index contributed by atoms with van der Waals surface area (Å²) in [5.41, 5.74) is 1.62. The highest BCUT2D eigenvalue weighted by Gasteiger charge is 2.13. The maximum absolute atomic E-state index is 10.8. The van der Waals surface area contributed by atoms with E-state index in [4.69, 9.17) is 9.52 Å². The monoisotopic (exact) mass is 275 g/mol. The van der Waals surface area contributed by atoms with E-state index >= 15 is 0 Å². The lowest BCUT2D eigenvalue weighted by molar-refractivity contribution is 0.0661. The number of hydrogen-bond donors (Lipinski definition) is 3. The van der Waals surface area contributed by atoms with E-state index in [2.05, 4.69) is 5.32 Å². The van der Waals surface area contributed by atoms with Crippen LogP contribution in [0.15, 0.2) is 40.8 Å². The number of aliphatic hydroxyl groups excluding tert-OH is 1. The van der Waals surface area contributed by atoms with Crippen molar-refractivity contribution < 1.29 is 19.4 Å². The Balaban J connectivity index is 1.88. The minimum Gasteiger partial charge on any atom is -0.475 e. The molecule has 0 bridgehead atoms. The Kier molecular flexibility index (Phi) is 4.55. The van der Waals surface area contributed by atoms with Gasteiger partial charge < -0.3 is 19.9 Å². The van der Waals surface area contributed by atoms with Crippen LogP contribution in [0.25, 0.3) is 0 Å². The number of hydrogen-bond acceptors (Lipinski definition) is 4. The second-order valence-corrected chi connectivity index (χ2v) is 4.55. The number of nitrogens with one attached hydrogen (secondary N) is 1. The minimum absolute atomic E-state index is 0.0668. The molecule has 3 N–H and O–H groups in total. The van der Waals surface area contributed by atoms with Gasteiger partial charge in [0.1, 0.15) is 5.76 Å². The van der Waals surface area contributed by atoms with Crippen LogP contribution in [0.3, 0.4) is 0 Å². The molecule has 20 heavy (non-hydrogen) atoms. The van der Waals surface area contributed by atoms with Crippen LogP contribution in [0.4, 0.5) is 0 Å². The number of carboxylic acid groups (broad SMARTS) is 1. The normalized spacial score (nSPS) is 12.3. The molecule has 2 aromatic rings. The number of rotatable bonds is 6. The van der Waals surface area contributed by atoms with Gasteiger partial charge in [0.2, 0.25) is 5.76 Å². The van der Waals surface area contributed by atoms with Gasteiger partial charge >= 0.3 is 5.97 Å². The van der Waals surface area contributed by atoms with Crippen molar-refractivity contribution in [2.45, 2.75) is 19.6 Å². The molecule has 1 unspecified atom stereocenters. The van der Waals surface area contributed by atoms with E-state index in [1.165, 1.54) is 6.07 Å². The first-order chi connectivity index (χ1) is 9.58. The molecule has 1 heterocycles. The topological polar surface area (TPSA) is 82.7 Å². The Morgan fingerprint density at radius 2 is 2.05 bits per heavy atom. The third-order valence-corrected chi connectivity index (χ3v) is 3.07. The standard InChI is InChI=1S/C15H17NO4/c1-10-12(7-14(20-10)15(18)19)8-16-9-13(17)11-5-3-2-4-6-11/h2-7,13,16-17H,8-9H2,1H3,(H,18,19). The van der Waals surface area contributed by atoms with E-state index in [9.17, 15) is 9.90 Å². The van der Waals surface area contributed by atoms with Crippen molar-refractivity contribution in [3.05, 3.63) is 59.0 Å². The molecule has 0 spiro atoms. The van der Waals surface area contributed by atoms with Gasteiger partial charge in [0, 0.05) is 18.7 Å². The molecule has 0 radical (unpaired) electrons. The molecule has 0 saturated carbocycles. The minimum atomic E-state index is -1.08. The van der Waals surface area contributed by atoms with Gasteiger partial charge in [0.05, 0.1) is 6.10 Å². The predicted molar refractivity (Wildman–Crippen MR) is 73.5 cm³/mol. The SMILES string of the molecule is Cc1oc(C(=O)O)cc1CNCC(O)c1ccccc1. The van der Waals surface area contributed by atoms with E-state index in [0.29, 0.717) is 18.8 Å². The molecule has 0 aliphatic carbocycles. The third kappa shape index (κ3) is 3.46. The van der Waals surface area contributed by atoms with E-state index in [-0.39, 0.29) is 5.76 Å². The molecule has 0 fully saturated rings. The summed E-state index contributed by atoms with van der Waals surface area (Å²) in [5.74, 6) is -0.573. The van der Waals surface area contributed by atoms with Gasteiger partial charge in [-0.25, -0.2) is 4.79 Å². The van der Waals surface area contributed by atoms with Crippen molar-refractivity contribution in [2.24, 2.45) is 0 Å². The van der Waals surface area contributed by atoms with Crippen LogP contribution in [-0.4, -0.2) is 22.7 Å². The van der Waals surface area contributed by atoms with Gasteiger partial charge in [-0.2, -0.15) is 0 Å². The Hall–Kier alpha value is -2.11. The Labute approximate surface area is 116 Å². The van der Waals surface area contributed by atoms with Gasteiger partial charge in [0.15, 0.2) is 0 Å². The zero-order valence-electron chi connectivity index (χ0n) is 11.2. The first-order valence-corrected chi connectivity index (χ1v) is 6.34. The molecule has 0 amide bonds. The molecule has 0 aliphatic rings. The maximum Gasteiger partial charge on any atom is 0.371 e. The van der Waals surface area contributed by atoms with Crippen LogP contribution in [-0.2, 0) is 6.54 Å². The highest BCUT2D eigenvalue weighted by atomic mass is 16.4. The molecule has 0 aliphatic heterocycles. The fourth-order valence-corrected chi connectivity index (χ4v) is 1.94. The number of aryl methyl sites for hydroxylation is 1. The molecule has 106 valence electrons. The van der Waals surface area contributed by atoms with Crippen LogP contribution in [0.1, 0.15) is 33.5 Å². The molecular weight excluding hydrogens is 258 g/mol. The van der Waals surface area contributed by atoms with Crippen LogP contribution in [0.5, 0.6) is 0 Å². The summed E-state index contributed by atoms with van der Waals surface area (Å²) in [6, 6.07) is 10.9. The van der Waals surface area contributed by atoms with Gasteiger partial charge in [-0.1, -0.05) is 30.3 Å². The second-order valence-electron chi connectivity index (χ2n) is 4.55. The van der Waals surface area contributed by atoms with Gasteiger partial charge in [-0.05, 0) is 18.6 Å². The Bertz CT molecular complexity index is 577. The lowest BCUT2D eigenvalue weighted by Gasteiger charge is -2.11. The number of furan rings is 1. The van der Waals surface area contributed by atoms with Crippen LogP contribution in [0, 0.1) is 6.92 Å². The smallest absolute Gasteiger partial charge is 0.371 e. The largest absolute Gasteiger partial charge is 0.475 e. The van der Waals surface area contributed by atoms with Crippen molar-refractivity contribution in [3.63, 3.8) is 0 Å². The van der Waals surface area contributed by atoms with Crippen molar-refractivity contribution in [3.8, 4) is 0 Å². The first kappa shape index (κ1) is 14.3. The van der Waals surface area contributed by atoms with Gasteiger partial charge in [-0.3, -0.25) is 0 Å². The molecule has 2 rings (SSSR count). The Morgan fingerprint density at radius 1 is 1.35 bits per heavy atom. The van der Waals surface area contributed by atoms with E-state index in [0.717, 1.165) is 11.1 Å². The maximum atomic E-state index is 10.8. The highest BCUT2D eigenvalue weighted by molar-refractivity contribution is 5.84. The lowest BCUT2D eigenvalue weighted by atomic mass is 10.1. The fourth-order valence-electron chi connectivity index (χ4n) is 1.94. The fraction of sp³-hybridized carbons (Fsp3) is 0.267. The van der Waals surface area contributed by atoms with Crippen molar-refractivity contribution in [1.82, 2.24) is 5.32 Å². The summed E-state index contributed by atoms with van der Waals surface area (Å²) in [6.45, 7) is 2.56. The molecule has 1 aromatic heterocycles. The quantitative estimate of drug-likeness (QED) is 0.752. The molecule has 1 aromatic carbocycles. The molecule has 1 atom stereocenters. The summed E-state index contributed by atoms with van der Waals surface area (Å²) in [5, 5.41) is 21.9. The zero-order chi connectivity index (χ0) is 14.5. The number of aliphatic hydroxyl groups is 1. The third-order valence-electron chi connectivity index (χ3n) is 3.07. The van der Waals surface area contributed by atoms with E-state index < -0.39 is 12.1 Å². The highest BCUT2D eigenvalue weighted by Crippen LogP contribution is 2.15. The summed E-state index contributed by atoms with van der Waals surface area (Å²) in [6.07, 6.45) is -0.595. The lowest BCUT2D eigenvalue weighted by Crippen LogP contribution is -2.21.